The van der Waals surface area contributed by atoms with Crippen LogP contribution in [-0.2, 0) is 13.5 Å². The van der Waals surface area contributed by atoms with E-state index in [0.717, 1.165) is 17.9 Å². The third-order valence-electron chi connectivity index (χ3n) is 3.35. The first-order valence-electron chi connectivity index (χ1n) is 6.32. The Bertz CT molecular complexity index is 544. The Morgan fingerprint density at radius 2 is 1.28 bits per heavy atom. The second-order valence-electron chi connectivity index (χ2n) is 5.07. The Balaban J connectivity index is 2.34. The molecule has 0 aliphatic carbocycles. The molecule has 0 atom stereocenters. The van der Waals surface area contributed by atoms with Crippen LogP contribution in [0.25, 0.3) is 0 Å². The Kier molecular flexibility index (Phi) is 3.46. The van der Waals surface area contributed by atoms with E-state index >= 15 is 0 Å². The van der Waals surface area contributed by atoms with Crippen LogP contribution in [0.15, 0.2) is 28.7 Å². The second kappa shape index (κ2) is 4.89. The largest absolute Gasteiger partial charge is 0.326 e. The fraction of sp³-hybridized carbons (Fsp3) is 0.375. The number of aryl methyl sites for hydroxylation is 4. The minimum Gasteiger partial charge on any atom is -0.218 e. The molecule has 2 aromatic heterocycles. The smallest absolute Gasteiger partial charge is 0.218 e. The van der Waals surface area contributed by atoms with E-state index in [0.29, 0.717) is 0 Å². The molecule has 0 aliphatic rings. The lowest BCUT2D eigenvalue weighted by Gasteiger charge is -2.04. The zero-order valence-corrected chi connectivity index (χ0v) is 11.9. The van der Waals surface area contributed by atoms with Gasteiger partial charge in [0, 0.05) is 38.1 Å². The van der Waals surface area contributed by atoms with E-state index < -0.39 is 0 Å². The van der Waals surface area contributed by atoms with Crippen molar-refractivity contribution in [2.24, 2.45) is 7.05 Å². The number of nitrogens with zero attached hydrogens (tertiary/aromatic N) is 1. The predicted molar refractivity (Wildman–Crippen MR) is 72.5 cm³/mol. The predicted octanol–water partition coefficient (Wildman–Crippen LogP) is 3.21. The van der Waals surface area contributed by atoms with Crippen LogP contribution in [0.1, 0.15) is 34.0 Å². The van der Waals surface area contributed by atoms with Gasteiger partial charge in [-0.2, -0.15) is 0 Å². The van der Waals surface area contributed by atoms with Crippen molar-refractivity contribution in [3.63, 3.8) is 0 Å². The zero-order valence-electron chi connectivity index (χ0n) is 11.9. The van der Waals surface area contributed by atoms with E-state index in [2.05, 4.69) is 49.7 Å². The number of hydrogen-bond donors (Lipinski definition) is 0. The van der Waals surface area contributed by atoms with Crippen LogP contribution < -0.4 is 4.57 Å². The van der Waals surface area contributed by atoms with Gasteiger partial charge >= 0.3 is 11.5 Å². The summed E-state index contributed by atoms with van der Waals surface area (Å²) in [6.07, 6.45) is 0.959. The minimum absolute atomic E-state index is 0.959. The number of rotatable bonds is 2. The van der Waals surface area contributed by atoms with Crippen molar-refractivity contribution in [2.45, 2.75) is 34.1 Å². The highest BCUT2D eigenvalue weighted by molar-refractivity contribution is 5.27. The molecule has 0 N–H and O–H groups in total. The average Bonchev–Trinajstić information content (AvgIpc) is 2.24. The summed E-state index contributed by atoms with van der Waals surface area (Å²) < 4.78 is 7.73. The molecule has 0 fully saturated rings. The van der Waals surface area contributed by atoms with Gasteiger partial charge in [-0.1, -0.05) is 0 Å². The summed E-state index contributed by atoms with van der Waals surface area (Å²) in [6.45, 7) is 8.29. The third kappa shape index (κ3) is 2.76. The Hall–Kier alpha value is -1.70. The summed E-state index contributed by atoms with van der Waals surface area (Å²) in [6, 6.07) is 8.74. The van der Waals surface area contributed by atoms with Gasteiger partial charge in [0.15, 0.2) is 11.4 Å². The normalized spacial score (nSPS) is 10.7. The molecule has 0 radical (unpaired) electrons. The van der Waals surface area contributed by atoms with Crippen LogP contribution >= 0.6 is 0 Å². The van der Waals surface area contributed by atoms with E-state index in [1.807, 2.05) is 13.8 Å². The standard InChI is InChI=1S/C16H21NO/c1-11-6-15(7-12(2)17(11)5)10-16-8-13(3)18-14(4)9-16/h6-9H,10H2,1-5H3/q+2. The van der Waals surface area contributed by atoms with Gasteiger partial charge in [0.2, 0.25) is 0 Å². The van der Waals surface area contributed by atoms with E-state index in [9.17, 15) is 0 Å². The van der Waals surface area contributed by atoms with Crippen LogP contribution in [0.5, 0.6) is 0 Å². The highest BCUT2D eigenvalue weighted by atomic mass is 16.3. The molecular formula is C16H21NO+2. The molecule has 2 nitrogen and oxygen atoms in total. The van der Waals surface area contributed by atoms with E-state index in [4.69, 9.17) is 4.42 Å². The molecule has 2 aromatic rings. The maximum absolute atomic E-state index is 5.52. The maximum Gasteiger partial charge on any atom is 0.326 e. The molecule has 2 heteroatoms. The summed E-state index contributed by atoms with van der Waals surface area (Å²) >= 11 is 0. The minimum atomic E-state index is 0.959. The van der Waals surface area contributed by atoms with Gasteiger partial charge in [0.05, 0.1) is 13.8 Å². The lowest BCUT2D eigenvalue weighted by Crippen LogP contribution is -2.35. The van der Waals surface area contributed by atoms with Crippen molar-refractivity contribution in [1.29, 1.82) is 0 Å². The van der Waals surface area contributed by atoms with Gasteiger partial charge in [-0.05, 0) is 17.5 Å². The molecule has 0 aliphatic heterocycles. The number of hydrogen-bond acceptors (Lipinski definition) is 0. The first-order chi connectivity index (χ1) is 8.45. The zero-order chi connectivity index (χ0) is 13.3. The van der Waals surface area contributed by atoms with Crippen LogP contribution in [0.2, 0.25) is 0 Å². The molecule has 94 valence electrons. The lowest BCUT2D eigenvalue weighted by atomic mass is 10.0. The van der Waals surface area contributed by atoms with Crippen LogP contribution in [0.3, 0.4) is 0 Å². The van der Waals surface area contributed by atoms with Gasteiger partial charge in [-0.3, -0.25) is 0 Å². The topological polar surface area (TPSA) is 15.2 Å². The Morgan fingerprint density at radius 1 is 0.833 bits per heavy atom. The first-order valence-corrected chi connectivity index (χ1v) is 6.32. The van der Waals surface area contributed by atoms with E-state index in [1.165, 1.54) is 22.5 Å². The van der Waals surface area contributed by atoms with Crippen molar-refractivity contribution in [1.82, 2.24) is 0 Å². The number of aromatic nitrogens is 1. The van der Waals surface area contributed by atoms with Gasteiger partial charge in [-0.25, -0.2) is 8.98 Å². The van der Waals surface area contributed by atoms with Gasteiger partial charge in [0.25, 0.3) is 0 Å². The fourth-order valence-electron chi connectivity index (χ4n) is 2.37. The van der Waals surface area contributed by atoms with Gasteiger partial charge < -0.3 is 0 Å². The molecule has 0 aromatic carbocycles. The molecule has 0 bridgehead atoms. The monoisotopic (exact) mass is 243 g/mol. The molecule has 0 unspecified atom stereocenters. The van der Waals surface area contributed by atoms with Gasteiger partial charge in [-0.15, -0.1) is 0 Å². The molecule has 0 saturated heterocycles. The van der Waals surface area contributed by atoms with Crippen LogP contribution in [-0.4, -0.2) is 0 Å². The molecule has 0 amide bonds. The molecule has 0 saturated carbocycles. The molecule has 18 heavy (non-hydrogen) atoms. The Labute approximate surface area is 109 Å². The SMILES string of the molecule is Cc1cc(Cc2cc(C)[n+](C)c(C)c2)cc(C)[o+]1. The second-order valence-corrected chi connectivity index (χ2v) is 5.07. The van der Waals surface area contributed by atoms with Crippen molar-refractivity contribution < 1.29 is 8.98 Å². The lowest BCUT2D eigenvalue weighted by molar-refractivity contribution is -0.683. The summed E-state index contributed by atoms with van der Waals surface area (Å²) in [5, 5.41) is 0. The highest BCUT2D eigenvalue weighted by Crippen LogP contribution is 2.14. The fourth-order valence-corrected chi connectivity index (χ4v) is 2.37. The summed E-state index contributed by atoms with van der Waals surface area (Å²) in [4.78, 5) is 0. The molecule has 0 spiro atoms. The summed E-state index contributed by atoms with van der Waals surface area (Å²) in [5.74, 6) is 1.94. The van der Waals surface area contributed by atoms with Crippen molar-refractivity contribution in [3.05, 3.63) is 58.3 Å². The van der Waals surface area contributed by atoms with E-state index in [1.54, 1.807) is 0 Å². The van der Waals surface area contributed by atoms with E-state index in [-0.39, 0.29) is 0 Å². The average molecular weight is 243 g/mol. The molecular weight excluding hydrogens is 222 g/mol. The van der Waals surface area contributed by atoms with Crippen molar-refractivity contribution in [3.8, 4) is 0 Å². The van der Waals surface area contributed by atoms with Crippen LogP contribution in [0, 0.1) is 27.7 Å². The molecule has 2 rings (SSSR count). The quantitative estimate of drug-likeness (QED) is 0.584. The van der Waals surface area contributed by atoms with Gasteiger partial charge in [0.1, 0.15) is 7.05 Å². The molecule has 2 heterocycles. The van der Waals surface area contributed by atoms with Crippen LogP contribution in [0.4, 0.5) is 0 Å². The Morgan fingerprint density at radius 3 is 1.78 bits per heavy atom. The highest BCUT2D eigenvalue weighted by Gasteiger charge is 2.11. The number of pyridine rings is 1. The third-order valence-corrected chi connectivity index (χ3v) is 3.35. The summed E-state index contributed by atoms with van der Waals surface area (Å²) in [5.41, 5.74) is 5.25. The van der Waals surface area contributed by atoms with Crippen molar-refractivity contribution in [2.75, 3.05) is 0 Å². The van der Waals surface area contributed by atoms with Crippen molar-refractivity contribution >= 4 is 0 Å². The first kappa shape index (κ1) is 12.7. The maximum atomic E-state index is 5.52. The summed E-state index contributed by atoms with van der Waals surface area (Å²) in [7, 11) is 2.10.